The van der Waals surface area contributed by atoms with E-state index in [1.807, 2.05) is 11.3 Å². The molecule has 1 nitrogen and oxygen atoms in total. The van der Waals surface area contributed by atoms with Gasteiger partial charge in [0.1, 0.15) is 0 Å². The van der Waals surface area contributed by atoms with Crippen LogP contribution in [0.25, 0.3) is 0 Å². The van der Waals surface area contributed by atoms with Gasteiger partial charge in [-0.15, -0.1) is 11.3 Å². The van der Waals surface area contributed by atoms with Gasteiger partial charge in [-0.05, 0) is 61.8 Å². The molecule has 1 atom stereocenters. The molecule has 1 aliphatic rings. The van der Waals surface area contributed by atoms with Crippen molar-refractivity contribution in [3.63, 3.8) is 0 Å². The summed E-state index contributed by atoms with van der Waals surface area (Å²) in [6, 6.07) is 11.9. The Kier molecular flexibility index (Phi) is 4.77. The van der Waals surface area contributed by atoms with Crippen LogP contribution >= 0.6 is 11.3 Å². The van der Waals surface area contributed by atoms with Crippen LogP contribution in [0, 0.1) is 0 Å². The van der Waals surface area contributed by atoms with Crippen molar-refractivity contribution in [2.75, 3.05) is 0 Å². The minimum atomic E-state index is 0.450. The summed E-state index contributed by atoms with van der Waals surface area (Å²) in [6.45, 7) is 5.44. The summed E-state index contributed by atoms with van der Waals surface area (Å²) in [7, 11) is 0. The lowest BCUT2D eigenvalue weighted by atomic mass is 9.99. The summed E-state index contributed by atoms with van der Waals surface area (Å²) in [4.78, 5) is 3.14. The number of thiophene rings is 1. The minimum Gasteiger partial charge on any atom is -0.305 e. The number of hydrogen-bond donors (Lipinski definition) is 1. The maximum atomic E-state index is 3.67. The zero-order valence-electron chi connectivity index (χ0n) is 13.1. The maximum Gasteiger partial charge on any atom is 0.0389 e. The number of nitrogens with one attached hydrogen (secondary N) is 1. The van der Waals surface area contributed by atoms with E-state index < -0.39 is 0 Å². The summed E-state index contributed by atoms with van der Waals surface area (Å²) in [5.41, 5.74) is 4.40. The fourth-order valence-electron chi connectivity index (χ4n) is 2.99. The average Bonchev–Trinajstić information content (AvgIpc) is 2.97. The van der Waals surface area contributed by atoms with Crippen LogP contribution in [0.1, 0.15) is 59.2 Å². The SMILES string of the molecule is CCc1ccc(CNC(C)c2cc3c(s2)CCCC3)cc1. The van der Waals surface area contributed by atoms with Crippen molar-refractivity contribution in [1.82, 2.24) is 5.32 Å². The van der Waals surface area contributed by atoms with Gasteiger partial charge < -0.3 is 5.32 Å². The van der Waals surface area contributed by atoms with E-state index >= 15 is 0 Å². The van der Waals surface area contributed by atoms with Crippen molar-refractivity contribution >= 4 is 11.3 Å². The van der Waals surface area contributed by atoms with Crippen molar-refractivity contribution < 1.29 is 0 Å². The number of aryl methyl sites for hydroxylation is 3. The quantitative estimate of drug-likeness (QED) is 0.815. The molecule has 2 heteroatoms. The van der Waals surface area contributed by atoms with Gasteiger partial charge >= 0.3 is 0 Å². The largest absolute Gasteiger partial charge is 0.305 e. The first kappa shape index (κ1) is 14.8. The van der Waals surface area contributed by atoms with E-state index in [-0.39, 0.29) is 0 Å². The second-order valence-electron chi connectivity index (χ2n) is 6.08. The second kappa shape index (κ2) is 6.76. The highest BCUT2D eigenvalue weighted by Crippen LogP contribution is 2.32. The van der Waals surface area contributed by atoms with Crippen LogP contribution in [0.5, 0.6) is 0 Å². The molecule has 0 saturated carbocycles. The smallest absolute Gasteiger partial charge is 0.0389 e. The highest BCUT2D eigenvalue weighted by Gasteiger charge is 2.16. The number of benzene rings is 1. The van der Waals surface area contributed by atoms with Gasteiger partial charge in [-0.25, -0.2) is 0 Å². The lowest BCUT2D eigenvalue weighted by Crippen LogP contribution is -2.17. The molecule has 0 amide bonds. The number of hydrogen-bond acceptors (Lipinski definition) is 2. The fraction of sp³-hybridized carbons (Fsp3) is 0.474. The molecule has 0 fully saturated rings. The van der Waals surface area contributed by atoms with Crippen LogP contribution in [0.15, 0.2) is 30.3 Å². The minimum absolute atomic E-state index is 0.450. The molecule has 1 aromatic heterocycles. The van der Waals surface area contributed by atoms with E-state index in [1.165, 1.54) is 41.7 Å². The van der Waals surface area contributed by atoms with Crippen LogP contribution < -0.4 is 5.32 Å². The van der Waals surface area contributed by atoms with Gasteiger partial charge in [0.05, 0.1) is 0 Å². The Balaban J connectivity index is 1.60. The number of rotatable bonds is 5. The molecule has 0 bridgehead atoms. The summed E-state index contributed by atoms with van der Waals surface area (Å²) in [6.07, 6.45) is 6.44. The van der Waals surface area contributed by atoms with Crippen LogP contribution in [-0.4, -0.2) is 0 Å². The molecule has 1 N–H and O–H groups in total. The molecule has 2 aromatic rings. The summed E-state index contributed by atoms with van der Waals surface area (Å²) in [5, 5.41) is 3.67. The molecule has 3 rings (SSSR count). The van der Waals surface area contributed by atoms with Crippen molar-refractivity contribution in [3.8, 4) is 0 Å². The van der Waals surface area contributed by atoms with E-state index in [1.54, 1.807) is 10.4 Å². The zero-order valence-corrected chi connectivity index (χ0v) is 13.9. The molecule has 0 spiro atoms. The van der Waals surface area contributed by atoms with Crippen LogP contribution in [-0.2, 0) is 25.8 Å². The molecule has 21 heavy (non-hydrogen) atoms. The van der Waals surface area contributed by atoms with Gasteiger partial charge in [0.2, 0.25) is 0 Å². The van der Waals surface area contributed by atoms with Crippen LogP contribution in [0.4, 0.5) is 0 Å². The number of fused-ring (bicyclic) bond motifs is 1. The third kappa shape index (κ3) is 3.56. The predicted molar refractivity (Wildman–Crippen MR) is 92.0 cm³/mol. The average molecular weight is 299 g/mol. The molecule has 0 aliphatic heterocycles. The summed E-state index contributed by atoms with van der Waals surface area (Å²) < 4.78 is 0. The Morgan fingerprint density at radius 1 is 1.10 bits per heavy atom. The van der Waals surface area contributed by atoms with Gasteiger partial charge in [0.15, 0.2) is 0 Å². The summed E-state index contributed by atoms with van der Waals surface area (Å²) >= 11 is 2.02. The van der Waals surface area contributed by atoms with Crippen molar-refractivity contribution in [1.29, 1.82) is 0 Å². The van der Waals surface area contributed by atoms with Gasteiger partial charge in [-0.2, -0.15) is 0 Å². The topological polar surface area (TPSA) is 12.0 Å². The second-order valence-corrected chi connectivity index (χ2v) is 7.25. The molecule has 0 saturated heterocycles. The first-order valence-electron chi connectivity index (χ1n) is 8.19. The van der Waals surface area contributed by atoms with E-state index in [0.29, 0.717) is 6.04 Å². The lowest BCUT2D eigenvalue weighted by molar-refractivity contribution is 0.582. The highest BCUT2D eigenvalue weighted by molar-refractivity contribution is 7.12. The molecule has 112 valence electrons. The Morgan fingerprint density at radius 2 is 1.81 bits per heavy atom. The molecular formula is C19H25NS. The van der Waals surface area contributed by atoms with E-state index in [4.69, 9.17) is 0 Å². The predicted octanol–water partition coefficient (Wildman–Crippen LogP) is 5.04. The molecule has 1 unspecified atom stereocenters. The maximum absolute atomic E-state index is 3.67. The normalized spacial score (nSPS) is 15.7. The first-order chi connectivity index (χ1) is 10.3. The Bertz CT molecular complexity index is 559. The third-order valence-electron chi connectivity index (χ3n) is 4.49. The zero-order chi connectivity index (χ0) is 14.7. The molecular weight excluding hydrogens is 274 g/mol. The molecule has 0 radical (unpaired) electrons. The fourth-order valence-corrected chi connectivity index (χ4v) is 4.28. The Morgan fingerprint density at radius 3 is 2.52 bits per heavy atom. The molecule has 1 aromatic carbocycles. The van der Waals surface area contributed by atoms with E-state index in [9.17, 15) is 0 Å². The van der Waals surface area contributed by atoms with Crippen molar-refractivity contribution in [2.24, 2.45) is 0 Å². The monoisotopic (exact) mass is 299 g/mol. The Labute approximate surface area is 132 Å². The van der Waals surface area contributed by atoms with Crippen molar-refractivity contribution in [3.05, 3.63) is 56.8 Å². The van der Waals surface area contributed by atoms with Gasteiger partial charge in [0.25, 0.3) is 0 Å². The lowest BCUT2D eigenvalue weighted by Gasteiger charge is -2.12. The highest BCUT2D eigenvalue weighted by atomic mass is 32.1. The standard InChI is InChI=1S/C19H25NS/c1-3-15-8-10-16(11-9-15)13-20-14(2)19-12-17-6-4-5-7-18(17)21-19/h8-12,14,20H,3-7,13H2,1-2H3. The van der Waals surface area contributed by atoms with Crippen LogP contribution in [0.2, 0.25) is 0 Å². The summed E-state index contributed by atoms with van der Waals surface area (Å²) in [5.74, 6) is 0. The van der Waals surface area contributed by atoms with Gasteiger partial charge in [-0.1, -0.05) is 31.2 Å². The molecule has 1 aliphatic carbocycles. The van der Waals surface area contributed by atoms with E-state index in [0.717, 1.165) is 13.0 Å². The van der Waals surface area contributed by atoms with Crippen LogP contribution in [0.3, 0.4) is 0 Å². The third-order valence-corrected chi connectivity index (χ3v) is 5.91. The molecule has 1 heterocycles. The van der Waals surface area contributed by atoms with Crippen molar-refractivity contribution in [2.45, 2.75) is 58.5 Å². The van der Waals surface area contributed by atoms with Gasteiger partial charge in [0, 0.05) is 22.3 Å². The van der Waals surface area contributed by atoms with E-state index in [2.05, 4.69) is 49.5 Å². The first-order valence-corrected chi connectivity index (χ1v) is 9.00. The Hall–Kier alpha value is -1.12. The van der Waals surface area contributed by atoms with Gasteiger partial charge in [-0.3, -0.25) is 0 Å².